The quantitative estimate of drug-likeness (QED) is 0.473. The van der Waals surface area contributed by atoms with Crippen LogP contribution < -0.4 is 0 Å². The van der Waals surface area contributed by atoms with Gasteiger partial charge in [0.1, 0.15) is 0 Å². The van der Waals surface area contributed by atoms with Crippen LogP contribution in [0.1, 0.15) is 13.3 Å². The molecule has 1 radical (unpaired) electrons. The van der Waals surface area contributed by atoms with Gasteiger partial charge >= 0.3 is 12.4 Å². The summed E-state index contributed by atoms with van der Waals surface area (Å²) in [5.41, 5.74) is 0. The molecule has 2 N–H and O–H groups in total. The van der Waals surface area contributed by atoms with Gasteiger partial charge in [-0.25, -0.2) is 4.79 Å². The summed E-state index contributed by atoms with van der Waals surface area (Å²) in [7, 11) is 0. The normalized spacial score (nSPS) is 10.9. The van der Waals surface area contributed by atoms with E-state index in [1.54, 1.807) is 0 Å². The molecule has 4 heteroatoms. The molecule has 4 nitrogen and oxygen atoms in total. The molecule has 0 amide bonds. The van der Waals surface area contributed by atoms with E-state index in [-0.39, 0.29) is 6.42 Å². The second kappa shape index (κ2) is 2.64. The van der Waals surface area contributed by atoms with Gasteiger partial charge in [0, 0.05) is 6.42 Å². The first kappa shape index (κ1) is 7.39. The Hall–Kier alpha value is -0.610. The predicted octanol–water partition coefficient (Wildman–Crippen LogP) is -0.881. The molecule has 0 aromatic rings. The van der Waals surface area contributed by atoms with E-state index in [9.17, 15) is 4.79 Å². The fourth-order valence-electron chi connectivity index (χ4n) is 0.139. The highest BCUT2D eigenvalue weighted by Crippen LogP contribution is 2.03. The van der Waals surface area contributed by atoms with E-state index in [1.165, 1.54) is 6.92 Å². The van der Waals surface area contributed by atoms with Gasteiger partial charge in [0.2, 0.25) is 0 Å². The highest BCUT2D eigenvalue weighted by molar-refractivity contribution is 5.38. The molecule has 0 aromatic carbocycles. The van der Waals surface area contributed by atoms with E-state index in [0.29, 0.717) is 0 Å². The van der Waals surface area contributed by atoms with Crippen LogP contribution in [0.15, 0.2) is 0 Å². The molecule has 0 fully saturated rings. The standard InChI is InChI=1S/C4H7O4/c1-2-4(6,7)8-3-5/h6-7H,2H2,1H3. The Morgan fingerprint density at radius 3 is 2.38 bits per heavy atom. The second-order valence-electron chi connectivity index (χ2n) is 1.28. The number of hydrogen-bond donors (Lipinski definition) is 2. The van der Waals surface area contributed by atoms with E-state index in [1.807, 2.05) is 0 Å². The fourth-order valence-corrected chi connectivity index (χ4v) is 0.139. The molecule has 0 saturated heterocycles. The zero-order valence-electron chi connectivity index (χ0n) is 4.42. The minimum atomic E-state index is -2.33. The maximum atomic E-state index is 9.31. The van der Waals surface area contributed by atoms with Crippen molar-refractivity contribution in [1.82, 2.24) is 0 Å². The van der Waals surface area contributed by atoms with Crippen LogP contribution in [0.2, 0.25) is 0 Å². The average molecular weight is 119 g/mol. The smallest absolute Gasteiger partial charge is 0.400 e. The molecule has 0 aromatic heterocycles. The Kier molecular flexibility index (Phi) is 2.44. The first-order valence-corrected chi connectivity index (χ1v) is 2.12. The summed E-state index contributed by atoms with van der Waals surface area (Å²) in [6.45, 7) is 2.36. The summed E-state index contributed by atoms with van der Waals surface area (Å²) >= 11 is 0. The predicted molar refractivity (Wildman–Crippen MR) is 24.2 cm³/mol. The monoisotopic (exact) mass is 119 g/mol. The van der Waals surface area contributed by atoms with Crippen molar-refractivity contribution < 1.29 is 19.7 Å². The van der Waals surface area contributed by atoms with E-state index < -0.39 is 5.97 Å². The molecule has 0 atom stereocenters. The molecule has 0 aliphatic heterocycles. The van der Waals surface area contributed by atoms with Crippen LogP contribution in [-0.2, 0) is 9.53 Å². The molecule has 0 bridgehead atoms. The van der Waals surface area contributed by atoms with Crippen LogP contribution in [0, 0.1) is 0 Å². The molecule has 8 heavy (non-hydrogen) atoms. The molecule has 0 saturated carbocycles. The topological polar surface area (TPSA) is 66.8 Å². The summed E-state index contributed by atoms with van der Waals surface area (Å²) in [6, 6.07) is 0. The van der Waals surface area contributed by atoms with Gasteiger partial charge in [0.15, 0.2) is 0 Å². The second-order valence-corrected chi connectivity index (χ2v) is 1.28. The minimum absolute atomic E-state index is 0.0672. The average Bonchev–Trinajstić information content (AvgIpc) is 1.67. The summed E-state index contributed by atoms with van der Waals surface area (Å²) < 4.78 is 3.68. The lowest BCUT2D eigenvalue weighted by molar-refractivity contribution is -0.300. The van der Waals surface area contributed by atoms with Crippen molar-refractivity contribution in [2.45, 2.75) is 19.3 Å². The van der Waals surface area contributed by atoms with Gasteiger partial charge in [-0.15, -0.1) is 0 Å². The fraction of sp³-hybridized carbons (Fsp3) is 0.750. The van der Waals surface area contributed by atoms with Crippen LogP contribution in [0.25, 0.3) is 0 Å². The number of hydrogen-bond acceptors (Lipinski definition) is 4. The van der Waals surface area contributed by atoms with Crippen molar-refractivity contribution in [2.75, 3.05) is 0 Å². The lowest BCUT2D eigenvalue weighted by Crippen LogP contribution is -2.29. The molecule has 0 heterocycles. The van der Waals surface area contributed by atoms with Crippen LogP contribution in [0.4, 0.5) is 0 Å². The van der Waals surface area contributed by atoms with Gasteiger partial charge in [0.05, 0.1) is 0 Å². The Labute approximate surface area is 46.7 Å². The van der Waals surface area contributed by atoms with Gasteiger partial charge in [-0.1, -0.05) is 6.92 Å². The zero-order chi connectivity index (χ0) is 6.62. The van der Waals surface area contributed by atoms with Crippen LogP contribution in [0.3, 0.4) is 0 Å². The lowest BCUT2D eigenvalue weighted by atomic mass is 10.4. The van der Waals surface area contributed by atoms with Crippen LogP contribution in [0.5, 0.6) is 0 Å². The van der Waals surface area contributed by atoms with Crippen molar-refractivity contribution in [3.05, 3.63) is 0 Å². The van der Waals surface area contributed by atoms with E-state index in [0.717, 1.165) is 6.47 Å². The highest BCUT2D eigenvalue weighted by atomic mass is 16.8. The SMILES string of the molecule is CCC(O)(O)O[C]=O. The van der Waals surface area contributed by atoms with Gasteiger partial charge in [-0.2, -0.15) is 0 Å². The van der Waals surface area contributed by atoms with E-state index >= 15 is 0 Å². The van der Waals surface area contributed by atoms with E-state index in [4.69, 9.17) is 10.2 Å². The number of carbonyl (C=O) groups excluding carboxylic acids is 1. The molecule has 0 spiro atoms. The summed E-state index contributed by atoms with van der Waals surface area (Å²) in [4.78, 5) is 9.31. The van der Waals surface area contributed by atoms with Gasteiger partial charge in [0.25, 0.3) is 0 Å². The number of aliphatic hydroxyl groups is 2. The molecular weight excluding hydrogens is 112 g/mol. The first-order chi connectivity index (χ1) is 3.62. The molecule has 0 rings (SSSR count). The Balaban J connectivity index is 3.53. The Morgan fingerprint density at radius 2 is 2.25 bits per heavy atom. The number of ether oxygens (including phenoxy) is 1. The van der Waals surface area contributed by atoms with Crippen molar-refractivity contribution in [3.63, 3.8) is 0 Å². The van der Waals surface area contributed by atoms with Gasteiger partial charge < -0.3 is 14.9 Å². The van der Waals surface area contributed by atoms with Crippen LogP contribution >= 0.6 is 0 Å². The van der Waals surface area contributed by atoms with E-state index in [2.05, 4.69) is 4.74 Å². The zero-order valence-corrected chi connectivity index (χ0v) is 4.42. The largest absolute Gasteiger partial charge is 0.421 e. The van der Waals surface area contributed by atoms with Crippen molar-refractivity contribution in [2.24, 2.45) is 0 Å². The maximum absolute atomic E-state index is 9.31. The third-order valence-corrected chi connectivity index (χ3v) is 0.666. The molecule has 0 aliphatic rings. The number of rotatable bonds is 3. The summed E-state index contributed by atoms with van der Waals surface area (Å²) in [5, 5.41) is 16.8. The third-order valence-electron chi connectivity index (χ3n) is 0.666. The Morgan fingerprint density at radius 1 is 1.75 bits per heavy atom. The summed E-state index contributed by atoms with van der Waals surface area (Å²) in [6.07, 6.45) is -0.0672. The Bertz CT molecular complexity index is 78.1. The van der Waals surface area contributed by atoms with Crippen molar-refractivity contribution >= 4 is 6.47 Å². The highest BCUT2D eigenvalue weighted by Gasteiger charge is 2.21. The molecular formula is C4H7O4. The summed E-state index contributed by atoms with van der Waals surface area (Å²) in [5.74, 6) is -2.33. The lowest BCUT2D eigenvalue weighted by Gasteiger charge is -2.14. The molecule has 0 aliphatic carbocycles. The van der Waals surface area contributed by atoms with Crippen LogP contribution in [-0.4, -0.2) is 22.7 Å². The molecule has 0 unspecified atom stereocenters. The maximum Gasteiger partial charge on any atom is 0.421 e. The van der Waals surface area contributed by atoms with Crippen molar-refractivity contribution in [3.8, 4) is 0 Å². The van der Waals surface area contributed by atoms with Gasteiger partial charge in [-0.05, 0) is 0 Å². The molecule has 47 valence electrons. The first-order valence-electron chi connectivity index (χ1n) is 2.12. The van der Waals surface area contributed by atoms with Crippen molar-refractivity contribution in [1.29, 1.82) is 0 Å². The minimum Gasteiger partial charge on any atom is -0.400 e. The third kappa shape index (κ3) is 2.54. The van der Waals surface area contributed by atoms with Gasteiger partial charge in [-0.3, -0.25) is 0 Å².